The molecule has 0 saturated carbocycles. The van der Waals surface area contributed by atoms with Crippen LogP contribution in [0.4, 0.5) is 5.69 Å². The van der Waals surface area contributed by atoms with E-state index in [0.29, 0.717) is 16.5 Å². The van der Waals surface area contributed by atoms with Crippen molar-refractivity contribution in [2.45, 2.75) is 32.5 Å². The number of carbonyl (C=O) groups is 2. The number of amides is 2. The van der Waals surface area contributed by atoms with Gasteiger partial charge in [0.15, 0.2) is 11.0 Å². The first-order valence-electron chi connectivity index (χ1n) is 9.57. The van der Waals surface area contributed by atoms with Crippen molar-refractivity contribution in [2.24, 2.45) is 7.05 Å². The number of hydrogen-bond donors (Lipinski definition) is 2. The van der Waals surface area contributed by atoms with E-state index in [2.05, 4.69) is 33.0 Å². The minimum absolute atomic E-state index is 0.100. The first-order chi connectivity index (χ1) is 14.3. The van der Waals surface area contributed by atoms with Gasteiger partial charge in [-0.25, -0.2) is 0 Å². The van der Waals surface area contributed by atoms with Crippen molar-refractivity contribution in [3.63, 3.8) is 0 Å². The lowest BCUT2D eigenvalue weighted by atomic mass is 10.1. The molecule has 3 aromatic rings. The Kier molecular flexibility index (Phi) is 6.89. The number of benzene rings is 2. The maximum Gasteiger partial charge on any atom is 0.251 e. The van der Waals surface area contributed by atoms with Crippen molar-refractivity contribution < 1.29 is 9.59 Å². The van der Waals surface area contributed by atoms with E-state index in [9.17, 15) is 9.59 Å². The molecule has 8 heteroatoms. The van der Waals surface area contributed by atoms with Gasteiger partial charge in [-0.05, 0) is 44.0 Å². The minimum atomic E-state index is -0.170. The number of aryl methyl sites for hydroxylation is 3. The monoisotopic (exact) mass is 423 g/mol. The van der Waals surface area contributed by atoms with E-state index in [1.807, 2.05) is 46.0 Å². The molecule has 3 rings (SSSR count). The Hall–Kier alpha value is -3.13. The Morgan fingerprint density at radius 1 is 1.03 bits per heavy atom. The summed E-state index contributed by atoms with van der Waals surface area (Å²) in [6, 6.07) is 13.1. The highest BCUT2D eigenvalue weighted by atomic mass is 32.2. The highest BCUT2D eigenvalue weighted by Gasteiger charge is 2.14. The van der Waals surface area contributed by atoms with Gasteiger partial charge in [0.05, 0.1) is 12.3 Å². The van der Waals surface area contributed by atoms with Crippen LogP contribution in [0.1, 0.15) is 32.9 Å². The van der Waals surface area contributed by atoms with E-state index >= 15 is 0 Å². The van der Waals surface area contributed by atoms with E-state index in [-0.39, 0.29) is 24.1 Å². The van der Waals surface area contributed by atoms with E-state index < -0.39 is 0 Å². The van der Waals surface area contributed by atoms with E-state index in [0.717, 1.165) is 16.8 Å². The molecule has 156 valence electrons. The molecule has 1 aromatic heterocycles. The van der Waals surface area contributed by atoms with Crippen molar-refractivity contribution in [1.82, 2.24) is 20.1 Å². The minimum Gasteiger partial charge on any atom is -0.345 e. The maximum atomic E-state index is 12.4. The Balaban J connectivity index is 1.55. The molecule has 0 spiro atoms. The van der Waals surface area contributed by atoms with Crippen LogP contribution in [-0.2, 0) is 18.4 Å². The topological polar surface area (TPSA) is 88.9 Å². The largest absolute Gasteiger partial charge is 0.345 e. The van der Waals surface area contributed by atoms with Gasteiger partial charge in [0.1, 0.15) is 0 Å². The number of nitrogens with one attached hydrogen (secondary N) is 2. The number of carbonyl (C=O) groups excluding carboxylic acids is 2. The van der Waals surface area contributed by atoms with Gasteiger partial charge in [0, 0.05) is 18.3 Å². The fourth-order valence-corrected chi connectivity index (χ4v) is 3.89. The summed E-state index contributed by atoms with van der Waals surface area (Å²) in [6.45, 7) is 6.27. The zero-order valence-electron chi connectivity index (χ0n) is 17.5. The standard InChI is InChI=1S/C22H25N5O2S/c1-14-10-15(2)20(16(3)11-14)24-19(28)13-30-22-26-25-18(27(22)4)12-23-21(29)17-8-6-5-7-9-17/h5-11H,12-13H2,1-4H3,(H,23,29)(H,24,28). The molecule has 0 fully saturated rings. The third kappa shape index (κ3) is 5.27. The number of hydrogen-bond acceptors (Lipinski definition) is 5. The van der Waals surface area contributed by atoms with Crippen LogP contribution >= 0.6 is 11.8 Å². The van der Waals surface area contributed by atoms with Crippen molar-refractivity contribution in [1.29, 1.82) is 0 Å². The van der Waals surface area contributed by atoms with Crippen molar-refractivity contribution in [3.8, 4) is 0 Å². The molecule has 2 amide bonds. The summed E-state index contributed by atoms with van der Waals surface area (Å²) in [5.41, 5.74) is 4.70. The van der Waals surface area contributed by atoms with Crippen molar-refractivity contribution in [2.75, 3.05) is 11.1 Å². The van der Waals surface area contributed by atoms with E-state index in [1.165, 1.54) is 17.3 Å². The lowest BCUT2D eigenvalue weighted by Crippen LogP contribution is -2.24. The van der Waals surface area contributed by atoms with Gasteiger partial charge in [-0.2, -0.15) is 0 Å². The molecule has 0 aliphatic rings. The number of anilines is 1. The first-order valence-corrected chi connectivity index (χ1v) is 10.6. The maximum absolute atomic E-state index is 12.4. The number of nitrogens with zero attached hydrogens (tertiary/aromatic N) is 3. The second kappa shape index (κ2) is 9.58. The van der Waals surface area contributed by atoms with Crippen LogP contribution in [0.2, 0.25) is 0 Å². The average molecular weight is 424 g/mol. The van der Waals surface area contributed by atoms with Crippen LogP contribution < -0.4 is 10.6 Å². The Morgan fingerprint density at radius 3 is 2.37 bits per heavy atom. The van der Waals surface area contributed by atoms with Crippen LogP contribution in [0.3, 0.4) is 0 Å². The lowest BCUT2D eigenvalue weighted by Gasteiger charge is -2.12. The van der Waals surface area contributed by atoms with Crippen molar-refractivity contribution in [3.05, 3.63) is 70.5 Å². The summed E-state index contributed by atoms with van der Waals surface area (Å²) in [5.74, 6) is 0.565. The van der Waals surface area contributed by atoms with E-state index in [1.54, 1.807) is 16.7 Å². The summed E-state index contributed by atoms with van der Waals surface area (Å²) in [4.78, 5) is 24.6. The van der Waals surface area contributed by atoms with Gasteiger partial charge >= 0.3 is 0 Å². The van der Waals surface area contributed by atoms with Gasteiger partial charge in [-0.3, -0.25) is 9.59 Å². The van der Waals surface area contributed by atoms with Gasteiger partial charge in [0.25, 0.3) is 5.91 Å². The summed E-state index contributed by atoms with van der Waals surface area (Å²) < 4.78 is 1.78. The number of aromatic nitrogens is 3. The molecule has 0 atom stereocenters. The second-order valence-corrected chi connectivity index (χ2v) is 8.06. The predicted octanol–water partition coefficient (Wildman–Crippen LogP) is 3.40. The highest BCUT2D eigenvalue weighted by molar-refractivity contribution is 7.99. The molecule has 0 radical (unpaired) electrons. The number of rotatable bonds is 7. The second-order valence-electron chi connectivity index (χ2n) is 7.12. The molecule has 0 unspecified atom stereocenters. The predicted molar refractivity (Wildman–Crippen MR) is 119 cm³/mol. The zero-order valence-corrected chi connectivity index (χ0v) is 18.3. The Labute approximate surface area is 180 Å². The Morgan fingerprint density at radius 2 is 1.70 bits per heavy atom. The summed E-state index contributed by atoms with van der Waals surface area (Å²) >= 11 is 1.31. The Bertz CT molecular complexity index is 1040. The quantitative estimate of drug-likeness (QED) is 0.569. The molecule has 0 bridgehead atoms. The molecule has 2 aromatic carbocycles. The average Bonchev–Trinajstić information content (AvgIpc) is 3.07. The summed E-state index contributed by atoms with van der Waals surface area (Å²) in [7, 11) is 1.82. The van der Waals surface area contributed by atoms with Crippen LogP contribution in [-0.4, -0.2) is 32.3 Å². The normalized spacial score (nSPS) is 10.7. The van der Waals surface area contributed by atoms with Crippen LogP contribution in [0, 0.1) is 20.8 Å². The lowest BCUT2D eigenvalue weighted by molar-refractivity contribution is -0.113. The molecule has 7 nitrogen and oxygen atoms in total. The molecule has 2 N–H and O–H groups in total. The van der Waals surface area contributed by atoms with Crippen LogP contribution in [0.25, 0.3) is 0 Å². The first kappa shape index (κ1) is 21.6. The van der Waals surface area contributed by atoms with Crippen LogP contribution in [0.5, 0.6) is 0 Å². The van der Waals surface area contributed by atoms with Gasteiger partial charge < -0.3 is 15.2 Å². The molecular formula is C22H25N5O2S. The highest BCUT2D eigenvalue weighted by Crippen LogP contribution is 2.23. The molecule has 1 heterocycles. The molecule has 30 heavy (non-hydrogen) atoms. The van der Waals surface area contributed by atoms with Gasteiger partial charge in [-0.1, -0.05) is 47.7 Å². The van der Waals surface area contributed by atoms with Gasteiger partial charge in [0.2, 0.25) is 5.91 Å². The van der Waals surface area contributed by atoms with Crippen LogP contribution in [0.15, 0.2) is 47.6 Å². The number of thioether (sulfide) groups is 1. The SMILES string of the molecule is Cc1cc(C)c(NC(=O)CSc2nnc(CNC(=O)c3ccccc3)n2C)c(C)c1. The third-order valence-electron chi connectivity index (χ3n) is 4.64. The summed E-state index contributed by atoms with van der Waals surface area (Å²) in [5, 5.41) is 14.7. The fraction of sp³-hybridized carbons (Fsp3) is 0.273. The molecule has 0 aliphatic carbocycles. The van der Waals surface area contributed by atoms with E-state index in [4.69, 9.17) is 0 Å². The molecule has 0 saturated heterocycles. The molecular weight excluding hydrogens is 398 g/mol. The molecule has 0 aliphatic heterocycles. The smallest absolute Gasteiger partial charge is 0.251 e. The zero-order chi connectivity index (χ0) is 21.7. The third-order valence-corrected chi connectivity index (χ3v) is 5.66. The van der Waals surface area contributed by atoms with Gasteiger partial charge in [-0.15, -0.1) is 10.2 Å². The fourth-order valence-electron chi connectivity index (χ4n) is 3.16. The van der Waals surface area contributed by atoms with Crippen molar-refractivity contribution >= 4 is 29.3 Å². The summed E-state index contributed by atoms with van der Waals surface area (Å²) in [6.07, 6.45) is 0.